The van der Waals surface area contributed by atoms with Crippen LogP contribution in [0.15, 0.2) is 35.5 Å². The summed E-state index contributed by atoms with van der Waals surface area (Å²) in [6.45, 7) is 1.97. The number of amides is 7. The monoisotopic (exact) mass is 719 g/mol. The molecule has 4 atom stereocenters. The quantitative estimate of drug-likeness (QED) is 0.0805. The van der Waals surface area contributed by atoms with Gasteiger partial charge in [0.1, 0.15) is 42.4 Å². The molecule has 20 nitrogen and oxygen atoms in total. The van der Waals surface area contributed by atoms with Crippen LogP contribution in [-0.4, -0.2) is 135 Å². The molecular weight excluding hydrogens is 686 g/mol. The molecule has 21 heteroatoms. The van der Waals surface area contributed by atoms with Gasteiger partial charge in [-0.15, -0.1) is 11.8 Å². The number of carboxylic acid groups (broad SMARTS) is 2. The first-order valence-electron chi connectivity index (χ1n) is 14.9. The fourth-order valence-corrected chi connectivity index (χ4v) is 6.37. The lowest BCUT2D eigenvalue weighted by molar-refractivity contribution is -0.153. The Bertz CT molecular complexity index is 1650. The van der Waals surface area contributed by atoms with Gasteiger partial charge in [-0.05, 0) is 24.6 Å². The molecule has 0 bridgehead atoms. The molecule has 3 aliphatic heterocycles. The number of β-lactam (4-membered cyclic amide) rings is 1. The van der Waals surface area contributed by atoms with E-state index in [2.05, 4.69) is 16.0 Å². The van der Waals surface area contributed by atoms with Crippen molar-refractivity contribution in [2.75, 3.05) is 43.9 Å². The number of carbonyl (C=O) groups is 9. The highest BCUT2D eigenvalue weighted by molar-refractivity contribution is 8.00. The normalized spacial score (nSPS) is 19.8. The molecule has 0 spiro atoms. The molecule has 3 heterocycles. The smallest absolute Gasteiger partial charge is 0.411 e. The fourth-order valence-electron chi connectivity index (χ4n) is 5.04. The van der Waals surface area contributed by atoms with Gasteiger partial charge in [-0.25, -0.2) is 14.4 Å². The lowest BCUT2D eigenvalue weighted by atomic mass is 10.0. The van der Waals surface area contributed by atoms with Crippen LogP contribution in [0.1, 0.15) is 25.5 Å². The highest BCUT2D eigenvalue weighted by Gasteiger charge is 2.54. The number of thioether (sulfide) groups is 1. The van der Waals surface area contributed by atoms with Crippen LogP contribution >= 0.6 is 11.8 Å². The topological polar surface area (TPSA) is 284 Å². The molecule has 1 aromatic carbocycles. The van der Waals surface area contributed by atoms with E-state index in [1.165, 1.54) is 29.2 Å². The average molecular weight is 720 g/mol. The Labute approximate surface area is 287 Å². The number of aliphatic carboxylic acids is 2. The molecule has 0 saturated carbocycles. The van der Waals surface area contributed by atoms with E-state index in [0.29, 0.717) is 4.90 Å². The van der Waals surface area contributed by atoms with Gasteiger partial charge < -0.3 is 41.0 Å². The van der Waals surface area contributed by atoms with E-state index in [0.717, 1.165) is 23.6 Å². The molecule has 7 amide bonds. The van der Waals surface area contributed by atoms with Gasteiger partial charge in [0.2, 0.25) is 5.91 Å². The number of carbonyl (C=O) groups excluding carboxylic acids is 7. The van der Waals surface area contributed by atoms with Crippen LogP contribution < -0.4 is 21.7 Å². The predicted octanol–water partition coefficient (Wildman–Crippen LogP) is -1.61. The number of esters is 1. The number of anilines is 1. The van der Waals surface area contributed by atoms with Crippen molar-refractivity contribution in [1.82, 2.24) is 25.3 Å². The molecule has 268 valence electrons. The van der Waals surface area contributed by atoms with E-state index in [4.69, 9.17) is 20.3 Å². The van der Waals surface area contributed by atoms with Crippen molar-refractivity contribution in [3.05, 3.63) is 41.1 Å². The Kier molecular flexibility index (Phi) is 11.6. The number of nitrogens with zero attached hydrogens (tertiary/aromatic N) is 3. The summed E-state index contributed by atoms with van der Waals surface area (Å²) in [6, 6.07) is -0.0692. The second kappa shape index (κ2) is 15.7. The average Bonchev–Trinajstić information content (AvgIpc) is 3.08. The third-order valence-corrected chi connectivity index (χ3v) is 9.00. The summed E-state index contributed by atoms with van der Waals surface area (Å²) in [7, 11) is 0. The maximum absolute atomic E-state index is 13.7. The third kappa shape index (κ3) is 8.11. The molecule has 0 aromatic heterocycles. The molecule has 2 saturated heterocycles. The highest BCUT2D eigenvalue weighted by atomic mass is 32.2. The van der Waals surface area contributed by atoms with Crippen molar-refractivity contribution in [1.29, 1.82) is 0 Å². The molecular formula is C29H33N7O13S. The summed E-state index contributed by atoms with van der Waals surface area (Å²) < 4.78 is 9.68. The van der Waals surface area contributed by atoms with Gasteiger partial charge in [0.05, 0.1) is 0 Å². The second-order valence-electron chi connectivity index (χ2n) is 10.9. The van der Waals surface area contributed by atoms with Crippen molar-refractivity contribution in [3.8, 4) is 0 Å². The summed E-state index contributed by atoms with van der Waals surface area (Å²) in [5, 5.41) is 25.1. The number of ether oxygens (including phenoxy) is 2. The van der Waals surface area contributed by atoms with E-state index in [9.17, 15) is 48.3 Å². The number of hydrogen-bond donors (Lipinski definition) is 6. The first-order valence-corrected chi connectivity index (χ1v) is 16.0. The molecule has 3 aliphatic rings. The Morgan fingerprint density at radius 3 is 2.30 bits per heavy atom. The number of likely N-dealkylation sites (N-methyl/N-ethyl adjacent to an activating group) is 1. The number of urea groups is 1. The van der Waals surface area contributed by atoms with Crippen LogP contribution in [0, 0.1) is 0 Å². The molecule has 0 radical (unpaired) electrons. The van der Waals surface area contributed by atoms with Gasteiger partial charge in [-0.2, -0.15) is 0 Å². The number of hydrogen-bond acceptors (Lipinski definition) is 13. The molecule has 1 aromatic rings. The van der Waals surface area contributed by atoms with E-state index in [1.807, 2.05) is 0 Å². The summed E-state index contributed by atoms with van der Waals surface area (Å²) >= 11 is 1.11. The number of rotatable bonds is 12. The van der Waals surface area contributed by atoms with Crippen LogP contribution in [0.5, 0.6) is 0 Å². The van der Waals surface area contributed by atoms with Gasteiger partial charge in [0, 0.05) is 43.6 Å². The second-order valence-corrected chi connectivity index (χ2v) is 12.1. The molecule has 0 unspecified atom stereocenters. The van der Waals surface area contributed by atoms with Crippen molar-refractivity contribution >= 4 is 71.1 Å². The van der Waals surface area contributed by atoms with E-state index >= 15 is 0 Å². The highest BCUT2D eigenvalue weighted by Crippen LogP contribution is 2.40. The largest absolute Gasteiger partial charge is 0.480 e. The first-order chi connectivity index (χ1) is 23.6. The number of nitrogens with one attached hydrogen (secondary N) is 3. The van der Waals surface area contributed by atoms with Crippen LogP contribution in [0.4, 0.5) is 15.3 Å². The van der Waals surface area contributed by atoms with Gasteiger partial charge in [-0.3, -0.25) is 43.9 Å². The van der Waals surface area contributed by atoms with Gasteiger partial charge in [0.15, 0.2) is 0 Å². The Balaban J connectivity index is 1.53. The minimum atomic E-state index is -1.58. The van der Waals surface area contributed by atoms with Crippen molar-refractivity contribution in [2.24, 2.45) is 5.73 Å². The maximum Gasteiger partial charge on any atom is 0.411 e. The zero-order valence-corrected chi connectivity index (χ0v) is 27.4. The lowest BCUT2D eigenvalue weighted by Gasteiger charge is -2.49. The summed E-state index contributed by atoms with van der Waals surface area (Å²) in [4.78, 5) is 114. The molecule has 2 fully saturated rings. The first kappa shape index (κ1) is 37.1. The molecule has 0 aliphatic carbocycles. The Hall–Kier alpha value is -5.70. The van der Waals surface area contributed by atoms with Gasteiger partial charge >= 0.3 is 41.8 Å². The van der Waals surface area contributed by atoms with Crippen LogP contribution in [0.25, 0.3) is 0 Å². The zero-order valence-electron chi connectivity index (χ0n) is 26.6. The zero-order chi connectivity index (χ0) is 36.9. The molecule has 50 heavy (non-hydrogen) atoms. The van der Waals surface area contributed by atoms with Crippen molar-refractivity contribution in [2.45, 2.75) is 37.3 Å². The predicted molar refractivity (Wildman–Crippen MR) is 169 cm³/mol. The number of carboxylic acids is 2. The van der Waals surface area contributed by atoms with E-state index in [-0.39, 0.29) is 54.5 Å². The summed E-state index contributed by atoms with van der Waals surface area (Å²) in [6.07, 6.45) is -1.03. The number of piperazine rings is 1. The number of nitrogens with two attached hydrogens (primary N) is 1. The van der Waals surface area contributed by atoms with Gasteiger partial charge in [-0.1, -0.05) is 12.1 Å². The van der Waals surface area contributed by atoms with Crippen LogP contribution in [0.3, 0.4) is 0 Å². The summed E-state index contributed by atoms with van der Waals surface area (Å²) in [5.74, 6) is -7.14. The number of imide groups is 1. The maximum atomic E-state index is 13.7. The third-order valence-electron chi connectivity index (χ3n) is 7.66. The van der Waals surface area contributed by atoms with Crippen LogP contribution in [-0.2, 0) is 43.0 Å². The number of fused-ring (bicyclic) bond motifs is 1. The summed E-state index contributed by atoms with van der Waals surface area (Å²) in [5.41, 5.74) is 5.35. The Morgan fingerprint density at radius 2 is 1.70 bits per heavy atom. The lowest BCUT2D eigenvalue weighted by Crippen LogP contribution is -2.71. The SMILES string of the molecule is CCN1CCN(C(=O)N[C@@H](C(=O)N[C@@H]2C(=O)N3C(C(=O)O)=C(COC(C)=O)CS[C@H]23)c2ccc(NC(=O)OC[C@@H](N)C(=O)O)cc2)C(=O)C1=O. The molecule has 7 N–H and O–H groups in total. The van der Waals surface area contributed by atoms with E-state index in [1.54, 1.807) is 6.92 Å². The van der Waals surface area contributed by atoms with Crippen molar-refractivity contribution in [3.63, 3.8) is 0 Å². The molecule has 4 rings (SSSR count). The van der Waals surface area contributed by atoms with E-state index < -0.39 is 83.8 Å². The number of benzene rings is 1. The Morgan fingerprint density at radius 1 is 1.02 bits per heavy atom. The fraction of sp³-hybridized carbons (Fsp3) is 0.414. The minimum Gasteiger partial charge on any atom is -0.480 e. The van der Waals surface area contributed by atoms with Crippen LogP contribution in [0.2, 0.25) is 0 Å². The minimum absolute atomic E-state index is 0.0589. The standard InChI is InChI=1S/C29H33N7O13S/c1-3-34-8-9-35(24(41)23(34)40)28(46)33-18(14-4-6-16(7-5-14)31-29(47)49-11-17(30)26(42)43)21(38)32-19-22(39)36-20(27(44)45)15(10-48-13(2)37)12-50-25(19)36/h4-7,17-19,25H,3,8-12,30H2,1-2H3,(H,31,47)(H,32,38)(H,33,46)(H,42,43)(H,44,45)/t17-,18-,19-,25-/m1/s1. The van der Waals surface area contributed by atoms with Crippen molar-refractivity contribution < 1.29 is 62.8 Å². The van der Waals surface area contributed by atoms with Gasteiger partial charge in [0.25, 0.3) is 5.91 Å².